The van der Waals surface area contributed by atoms with Gasteiger partial charge in [-0.15, -0.1) is 0 Å². The number of aliphatic carboxylic acids is 1. The van der Waals surface area contributed by atoms with Gasteiger partial charge in [-0.1, -0.05) is 38.1 Å². The third-order valence-electron chi connectivity index (χ3n) is 3.22. The minimum atomic E-state index is -0.969. The highest BCUT2D eigenvalue weighted by molar-refractivity contribution is 5.83. The number of benzene rings is 1. The Kier molecular flexibility index (Phi) is 6.22. The van der Waals surface area contributed by atoms with Crippen molar-refractivity contribution in [3.63, 3.8) is 0 Å². The summed E-state index contributed by atoms with van der Waals surface area (Å²) in [6, 6.07) is 7.11. The van der Waals surface area contributed by atoms with Crippen molar-refractivity contribution in [2.75, 3.05) is 0 Å². The van der Waals surface area contributed by atoms with Gasteiger partial charge in [-0.05, 0) is 36.8 Å². The Bertz CT molecular complexity index is 469. The second-order valence-corrected chi connectivity index (χ2v) is 5.51. The highest BCUT2D eigenvalue weighted by Crippen LogP contribution is 2.10. The van der Waals surface area contributed by atoms with Crippen LogP contribution in [-0.2, 0) is 16.0 Å². The molecule has 0 aromatic heterocycles. The quantitative estimate of drug-likeness (QED) is 0.805. The number of hydrogen-bond acceptors (Lipinski definition) is 2. The van der Waals surface area contributed by atoms with Gasteiger partial charge < -0.3 is 10.4 Å². The fourth-order valence-corrected chi connectivity index (χ4v) is 2.10. The smallest absolute Gasteiger partial charge is 0.326 e. The van der Waals surface area contributed by atoms with E-state index in [9.17, 15) is 9.59 Å². The number of nitrogens with one attached hydrogen (secondary N) is 1. The SMILES string of the molecule is Cc1ccccc1CCC(=O)N[C@@H](CC(C)C)C(=O)O. The molecule has 0 saturated carbocycles. The van der Waals surface area contributed by atoms with E-state index in [1.807, 2.05) is 45.0 Å². The zero-order chi connectivity index (χ0) is 15.1. The lowest BCUT2D eigenvalue weighted by atomic mass is 10.0. The molecule has 1 aromatic rings. The van der Waals surface area contributed by atoms with E-state index in [0.29, 0.717) is 19.3 Å². The van der Waals surface area contributed by atoms with E-state index < -0.39 is 12.0 Å². The van der Waals surface area contributed by atoms with E-state index >= 15 is 0 Å². The molecule has 4 heteroatoms. The lowest BCUT2D eigenvalue weighted by Gasteiger charge is -2.16. The maximum absolute atomic E-state index is 11.8. The van der Waals surface area contributed by atoms with Crippen LogP contribution < -0.4 is 5.32 Å². The van der Waals surface area contributed by atoms with Crippen LogP contribution in [0.15, 0.2) is 24.3 Å². The first-order chi connectivity index (χ1) is 9.40. The molecule has 0 unspecified atom stereocenters. The Morgan fingerprint density at radius 1 is 1.25 bits per heavy atom. The van der Waals surface area contributed by atoms with Crippen LogP contribution in [0.5, 0.6) is 0 Å². The average Bonchev–Trinajstić information content (AvgIpc) is 2.36. The number of hydrogen-bond donors (Lipinski definition) is 2. The molecule has 110 valence electrons. The number of rotatable bonds is 7. The van der Waals surface area contributed by atoms with Gasteiger partial charge in [-0.2, -0.15) is 0 Å². The zero-order valence-electron chi connectivity index (χ0n) is 12.3. The molecule has 1 amide bonds. The molecule has 2 N–H and O–H groups in total. The minimum absolute atomic E-state index is 0.207. The van der Waals surface area contributed by atoms with Crippen molar-refractivity contribution in [2.45, 2.75) is 46.1 Å². The predicted octanol–water partition coefficient (Wildman–Crippen LogP) is 2.54. The molecule has 1 atom stereocenters. The summed E-state index contributed by atoms with van der Waals surface area (Å²) in [6.45, 7) is 5.89. The largest absolute Gasteiger partial charge is 0.480 e. The molecule has 0 bridgehead atoms. The Morgan fingerprint density at radius 2 is 1.90 bits per heavy atom. The lowest BCUT2D eigenvalue weighted by molar-refractivity contribution is -0.142. The maximum atomic E-state index is 11.8. The van der Waals surface area contributed by atoms with E-state index in [1.165, 1.54) is 0 Å². The van der Waals surface area contributed by atoms with Gasteiger partial charge in [-0.3, -0.25) is 4.79 Å². The summed E-state index contributed by atoms with van der Waals surface area (Å²) < 4.78 is 0. The Balaban J connectivity index is 2.50. The first kappa shape index (κ1) is 16.2. The van der Waals surface area contributed by atoms with Crippen molar-refractivity contribution < 1.29 is 14.7 Å². The minimum Gasteiger partial charge on any atom is -0.480 e. The molecule has 0 aliphatic rings. The number of amides is 1. The van der Waals surface area contributed by atoms with Gasteiger partial charge in [0.1, 0.15) is 6.04 Å². The van der Waals surface area contributed by atoms with Crippen LogP contribution in [0.25, 0.3) is 0 Å². The van der Waals surface area contributed by atoms with E-state index in [0.717, 1.165) is 11.1 Å². The van der Waals surface area contributed by atoms with Crippen molar-refractivity contribution in [1.29, 1.82) is 0 Å². The van der Waals surface area contributed by atoms with Crippen molar-refractivity contribution in [3.05, 3.63) is 35.4 Å². The summed E-state index contributed by atoms with van der Waals surface area (Å²) >= 11 is 0. The van der Waals surface area contributed by atoms with Crippen LogP contribution in [0.3, 0.4) is 0 Å². The lowest BCUT2D eigenvalue weighted by Crippen LogP contribution is -2.41. The normalized spacial score (nSPS) is 12.2. The van der Waals surface area contributed by atoms with Gasteiger partial charge in [-0.25, -0.2) is 4.79 Å². The molecule has 0 heterocycles. The predicted molar refractivity (Wildman–Crippen MR) is 78.5 cm³/mol. The fraction of sp³-hybridized carbons (Fsp3) is 0.500. The molecule has 0 saturated heterocycles. The molecule has 0 fully saturated rings. The van der Waals surface area contributed by atoms with Crippen molar-refractivity contribution in [2.24, 2.45) is 5.92 Å². The summed E-state index contributed by atoms with van der Waals surface area (Å²) in [4.78, 5) is 22.9. The van der Waals surface area contributed by atoms with Crippen LogP contribution in [0.4, 0.5) is 0 Å². The van der Waals surface area contributed by atoms with E-state index in [2.05, 4.69) is 5.32 Å². The van der Waals surface area contributed by atoms with Crippen LogP contribution in [-0.4, -0.2) is 23.0 Å². The first-order valence-corrected chi connectivity index (χ1v) is 6.96. The molecule has 1 rings (SSSR count). The van der Waals surface area contributed by atoms with Gasteiger partial charge in [0.15, 0.2) is 0 Å². The highest BCUT2D eigenvalue weighted by atomic mass is 16.4. The molecule has 4 nitrogen and oxygen atoms in total. The third-order valence-corrected chi connectivity index (χ3v) is 3.22. The maximum Gasteiger partial charge on any atom is 0.326 e. The van der Waals surface area contributed by atoms with Gasteiger partial charge in [0.2, 0.25) is 5.91 Å². The second-order valence-electron chi connectivity index (χ2n) is 5.51. The number of carboxylic acids is 1. The average molecular weight is 277 g/mol. The summed E-state index contributed by atoms with van der Waals surface area (Å²) in [5.41, 5.74) is 2.27. The Labute approximate surface area is 120 Å². The molecule has 0 aliphatic carbocycles. The third kappa shape index (κ3) is 5.43. The molecule has 0 spiro atoms. The first-order valence-electron chi connectivity index (χ1n) is 6.96. The molecular formula is C16H23NO3. The van der Waals surface area contributed by atoms with Gasteiger partial charge in [0.05, 0.1) is 0 Å². The van der Waals surface area contributed by atoms with Crippen molar-refractivity contribution in [3.8, 4) is 0 Å². The zero-order valence-corrected chi connectivity index (χ0v) is 12.3. The Hall–Kier alpha value is -1.84. The number of carbonyl (C=O) groups is 2. The molecule has 0 radical (unpaired) electrons. The molecule has 0 aliphatic heterocycles. The standard InChI is InChI=1S/C16H23NO3/c1-11(2)10-14(16(19)20)17-15(18)9-8-13-7-5-4-6-12(13)3/h4-7,11,14H,8-10H2,1-3H3,(H,17,18)(H,19,20)/t14-/m0/s1. The number of carbonyl (C=O) groups excluding carboxylic acids is 1. The van der Waals surface area contributed by atoms with Crippen LogP contribution in [0.2, 0.25) is 0 Å². The molecule has 1 aromatic carbocycles. The van der Waals surface area contributed by atoms with E-state index in [-0.39, 0.29) is 11.8 Å². The summed E-state index contributed by atoms with van der Waals surface area (Å²) in [6.07, 6.45) is 1.39. The van der Waals surface area contributed by atoms with Crippen molar-refractivity contribution in [1.82, 2.24) is 5.32 Å². The van der Waals surface area contributed by atoms with Gasteiger partial charge in [0, 0.05) is 6.42 Å². The van der Waals surface area contributed by atoms with Gasteiger partial charge >= 0.3 is 5.97 Å². The summed E-state index contributed by atoms with van der Waals surface area (Å²) in [5, 5.41) is 11.7. The Morgan fingerprint density at radius 3 is 2.45 bits per heavy atom. The fourth-order valence-electron chi connectivity index (χ4n) is 2.10. The summed E-state index contributed by atoms with van der Waals surface area (Å²) in [5.74, 6) is -0.947. The topological polar surface area (TPSA) is 66.4 Å². The van der Waals surface area contributed by atoms with Gasteiger partial charge in [0.25, 0.3) is 0 Å². The molecule has 20 heavy (non-hydrogen) atoms. The second kappa shape index (κ2) is 7.68. The van der Waals surface area contributed by atoms with Crippen LogP contribution >= 0.6 is 0 Å². The monoisotopic (exact) mass is 277 g/mol. The van der Waals surface area contributed by atoms with E-state index in [4.69, 9.17) is 5.11 Å². The number of aryl methyl sites for hydroxylation is 2. The molecular weight excluding hydrogens is 254 g/mol. The van der Waals surface area contributed by atoms with Crippen LogP contribution in [0.1, 0.15) is 37.8 Å². The van der Waals surface area contributed by atoms with Crippen LogP contribution in [0, 0.1) is 12.8 Å². The summed E-state index contributed by atoms with van der Waals surface area (Å²) in [7, 11) is 0. The van der Waals surface area contributed by atoms with E-state index in [1.54, 1.807) is 0 Å². The van der Waals surface area contributed by atoms with Crippen molar-refractivity contribution >= 4 is 11.9 Å². The highest BCUT2D eigenvalue weighted by Gasteiger charge is 2.20. The number of carboxylic acid groups (broad SMARTS) is 1.